The monoisotopic (exact) mass is 126 g/mol. The summed E-state index contributed by atoms with van der Waals surface area (Å²) in [5, 5.41) is 8.30. The Hall–Kier alpha value is -0.560. The van der Waals surface area contributed by atoms with Crippen LogP contribution in [0.5, 0.6) is 0 Å². The molecule has 0 bridgehead atoms. The van der Waals surface area contributed by atoms with Gasteiger partial charge in [0.25, 0.3) is 0 Å². The van der Waals surface area contributed by atoms with Crippen LogP contribution >= 0.6 is 0 Å². The average Bonchev–Trinajstić information content (AvgIpc) is 1.89. The van der Waals surface area contributed by atoms with E-state index in [1.54, 1.807) is 6.08 Å². The third kappa shape index (κ3) is 7.44. The molecule has 0 aromatic heterocycles. The molecule has 0 radical (unpaired) electrons. The highest BCUT2D eigenvalue weighted by atomic mass is 16.2. The maximum Gasteiger partial charge on any atom is 0.0615 e. The first-order valence-electron chi connectivity index (χ1n) is 3.34. The number of allylic oxidation sites excluding steroid dienone is 3. The van der Waals surface area contributed by atoms with Crippen LogP contribution < -0.4 is 0 Å². The molecule has 0 aliphatic heterocycles. The van der Waals surface area contributed by atoms with Crippen LogP contribution in [-0.2, 0) is 0 Å². The summed E-state index contributed by atoms with van der Waals surface area (Å²) in [6, 6.07) is 0. The van der Waals surface area contributed by atoms with Crippen molar-refractivity contribution in [2.24, 2.45) is 0 Å². The van der Waals surface area contributed by atoms with Crippen molar-refractivity contribution in [3.8, 4) is 0 Å². The van der Waals surface area contributed by atoms with Crippen molar-refractivity contribution in [3.05, 3.63) is 24.3 Å². The average molecular weight is 126 g/mol. The zero-order valence-electron chi connectivity index (χ0n) is 5.88. The van der Waals surface area contributed by atoms with Crippen molar-refractivity contribution in [2.75, 3.05) is 6.61 Å². The van der Waals surface area contributed by atoms with Gasteiger partial charge in [0, 0.05) is 0 Å². The summed E-state index contributed by atoms with van der Waals surface area (Å²) in [5.41, 5.74) is 0. The van der Waals surface area contributed by atoms with Gasteiger partial charge in [-0.15, -0.1) is 0 Å². The first-order valence-corrected chi connectivity index (χ1v) is 3.34. The lowest BCUT2D eigenvalue weighted by Crippen LogP contribution is -1.67. The van der Waals surface area contributed by atoms with Crippen LogP contribution in [-0.4, -0.2) is 11.7 Å². The van der Waals surface area contributed by atoms with Crippen molar-refractivity contribution in [1.82, 2.24) is 0 Å². The van der Waals surface area contributed by atoms with Crippen LogP contribution in [0.4, 0.5) is 0 Å². The van der Waals surface area contributed by atoms with Gasteiger partial charge >= 0.3 is 0 Å². The van der Waals surface area contributed by atoms with E-state index < -0.39 is 0 Å². The van der Waals surface area contributed by atoms with Gasteiger partial charge in [0.15, 0.2) is 0 Å². The minimum atomic E-state index is 0.135. The molecular weight excluding hydrogens is 112 g/mol. The van der Waals surface area contributed by atoms with Crippen LogP contribution in [0.25, 0.3) is 0 Å². The van der Waals surface area contributed by atoms with Crippen molar-refractivity contribution in [2.45, 2.75) is 19.8 Å². The van der Waals surface area contributed by atoms with Gasteiger partial charge in [0.1, 0.15) is 0 Å². The molecule has 0 aromatic carbocycles. The van der Waals surface area contributed by atoms with E-state index in [0.717, 1.165) is 6.42 Å². The highest BCUT2D eigenvalue weighted by Crippen LogP contribution is 1.87. The van der Waals surface area contributed by atoms with E-state index in [9.17, 15) is 0 Å². The maximum absolute atomic E-state index is 8.30. The number of unbranched alkanes of at least 4 members (excludes halogenated alkanes) is 1. The van der Waals surface area contributed by atoms with Gasteiger partial charge in [0.2, 0.25) is 0 Å². The molecule has 0 aliphatic carbocycles. The summed E-state index contributed by atoms with van der Waals surface area (Å²) >= 11 is 0. The molecule has 9 heavy (non-hydrogen) atoms. The summed E-state index contributed by atoms with van der Waals surface area (Å²) < 4.78 is 0. The van der Waals surface area contributed by atoms with Crippen LogP contribution in [0, 0.1) is 0 Å². The largest absolute Gasteiger partial charge is 0.392 e. The van der Waals surface area contributed by atoms with Gasteiger partial charge in [-0.25, -0.2) is 0 Å². The van der Waals surface area contributed by atoms with Gasteiger partial charge < -0.3 is 5.11 Å². The van der Waals surface area contributed by atoms with Crippen molar-refractivity contribution in [1.29, 1.82) is 0 Å². The lowest BCUT2D eigenvalue weighted by Gasteiger charge is -1.79. The van der Waals surface area contributed by atoms with Crippen LogP contribution in [0.3, 0.4) is 0 Å². The second-order valence-electron chi connectivity index (χ2n) is 1.83. The van der Waals surface area contributed by atoms with E-state index in [-0.39, 0.29) is 6.61 Å². The zero-order valence-corrected chi connectivity index (χ0v) is 5.88. The second kappa shape index (κ2) is 7.44. The van der Waals surface area contributed by atoms with Gasteiger partial charge in [-0.1, -0.05) is 37.6 Å². The fraction of sp³-hybridized carbons (Fsp3) is 0.500. The van der Waals surface area contributed by atoms with E-state index >= 15 is 0 Å². The minimum Gasteiger partial charge on any atom is -0.392 e. The highest BCUT2D eigenvalue weighted by Gasteiger charge is 1.68. The lowest BCUT2D eigenvalue weighted by atomic mass is 10.3. The molecule has 0 atom stereocenters. The van der Waals surface area contributed by atoms with Crippen LogP contribution in [0.1, 0.15) is 19.8 Å². The molecule has 1 heteroatoms. The number of hydrogen-bond donors (Lipinski definition) is 1. The van der Waals surface area contributed by atoms with Crippen molar-refractivity contribution >= 4 is 0 Å². The normalized spacial score (nSPS) is 11.8. The minimum absolute atomic E-state index is 0.135. The second-order valence-corrected chi connectivity index (χ2v) is 1.83. The van der Waals surface area contributed by atoms with Crippen LogP contribution in [0.15, 0.2) is 24.3 Å². The Morgan fingerprint density at radius 2 is 1.89 bits per heavy atom. The maximum atomic E-state index is 8.30. The van der Waals surface area contributed by atoms with E-state index in [4.69, 9.17) is 5.11 Å². The molecule has 0 spiro atoms. The predicted molar refractivity (Wildman–Crippen MR) is 40.3 cm³/mol. The number of hydrogen-bond acceptors (Lipinski definition) is 1. The molecule has 1 N–H and O–H groups in total. The molecule has 1 nitrogen and oxygen atoms in total. The molecule has 0 unspecified atom stereocenters. The SMILES string of the molecule is CCC/C=C\C=C/CO. The highest BCUT2D eigenvalue weighted by molar-refractivity contribution is 5.01. The van der Waals surface area contributed by atoms with Crippen molar-refractivity contribution in [3.63, 3.8) is 0 Å². The number of rotatable bonds is 4. The summed E-state index contributed by atoms with van der Waals surface area (Å²) in [5.74, 6) is 0. The molecule has 0 amide bonds. The number of aliphatic hydroxyl groups is 1. The molecule has 0 heterocycles. The van der Waals surface area contributed by atoms with E-state index in [1.165, 1.54) is 6.42 Å². The molecule has 0 saturated carbocycles. The molecular formula is C8H14O. The first kappa shape index (κ1) is 8.44. The van der Waals surface area contributed by atoms with Gasteiger partial charge in [0.05, 0.1) is 6.61 Å². The predicted octanol–water partition coefficient (Wildman–Crippen LogP) is 1.89. The van der Waals surface area contributed by atoms with Gasteiger partial charge in [-0.2, -0.15) is 0 Å². The smallest absolute Gasteiger partial charge is 0.0615 e. The quantitative estimate of drug-likeness (QED) is 0.570. The van der Waals surface area contributed by atoms with E-state index in [1.807, 2.05) is 12.2 Å². The van der Waals surface area contributed by atoms with Crippen LogP contribution in [0.2, 0.25) is 0 Å². The Bertz CT molecular complexity index is 92.7. The first-order chi connectivity index (χ1) is 4.41. The molecule has 0 fully saturated rings. The molecule has 0 saturated heterocycles. The molecule has 0 aromatic rings. The van der Waals surface area contributed by atoms with Crippen molar-refractivity contribution < 1.29 is 5.11 Å². The van der Waals surface area contributed by atoms with Gasteiger partial charge in [-0.05, 0) is 6.42 Å². The zero-order chi connectivity index (χ0) is 6.95. The Kier molecular flexibility index (Phi) is 6.98. The molecule has 0 aliphatic rings. The summed E-state index contributed by atoms with van der Waals surface area (Å²) in [4.78, 5) is 0. The lowest BCUT2D eigenvalue weighted by molar-refractivity contribution is 0.343. The Balaban J connectivity index is 3.13. The Morgan fingerprint density at radius 3 is 2.44 bits per heavy atom. The summed E-state index contributed by atoms with van der Waals surface area (Å²) in [7, 11) is 0. The summed E-state index contributed by atoms with van der Waals surface area (Å²) in [6.45, 7) is 2.27. The molecule has 0 rings (SSSR count). The standard InChI is InChI=1S/C8H14O/c1-2-3-4-5-6-7-8-9/h4-7,9H,2-3,8H2,1H3/b5-4-,7-6-. The van der Waals surface area contributed by atoms with E-state index in [0.29, 0.717) is 0 Å². The number of aliphatic hydroxyl groups excluding tert-OH is 1. The topological polar surface area (TPSA) is 20.2 Å². The van der Waals surface area contributed by atoms with Gasteiger partial charge in [-0.3, -0.25) is 0 Å². The third-order valence-electron chi connectivity index (χ3n) is 0.944. The fourth-order valence-electron chi connectivity index (χ4n) is 0.481. The molecule has 52 valence electrons. The fourth-order valence-corrected chi connectivity index (χ4v) is 0.481. The Morgan fingerprint density at radius 1 is 1.22 bits per heavy atom. The van der Waals surface area contributed by atoms with E-state index in [2.05, 4.69) is 13.0 Å². The Labute approximate surface area is 56.7 Å². The third-order valence-corrected chi connectivity index (χ3v) is 0.944. The summed E-state index contributed by atoms with van der Waals surface area (Å²) in [6.07, 6.45) is 9.92.